The van der Waals surface area contributed by atoms with Gasteiger partial charge in [0.05, 0.1) is 12.2 Å². The maximum atomic E-state index is 13.6. The Bertz CT molecular complexity index is 1810. The molecule has 7 rings (SSSR count). The van der Waals surface area contributed by atoms with E-state index in [0.29, 0.717) is 5.56 Å². The third kappa shape index (κ3) is 7.18. The van der Waals surface area contributed by atoms with Crippen molar-refractivity contribution in [1.29, 1.82) is 5.41 Å². The summed E-state index contributed by atoms with van der Waals surface area (Å²) in [7, 11) is 0. The van der Waals surface area contributed by atoms with Gasteiger partial charge in [-0.25, -0.2) is 9.59 Å². The van der Waals surface area contributed by atoms with E-state index in [2.05, 4.69) is 0 Å². The Morgan fingerprint density at radius 1 is 0.740 bits per heavy atom. The standard InChI is InChI=1S/C37H30Cl3NO9/c38-37(39,40)35(41)50-34-31(47-32(42)21-11-3-1-4-12-21)30(29-28(46-34)20-44-33(48-29)22-13-5-2-6-14-22)49-36(43)45-19-27-25-17-9-7-15-23(25)24-16-8-10-18-26(24)27/h1-18,27-31,33-34,41H,19-20H2/t28-,29+,30+,31-,33?,34-/m1/s1. The van der Waals surface area contributed by atoms with E-state index in [-0.39, 0.29) is 24.7 Å². The molecule has 2 aliphatic heterocycles. The smallest absolute Gasteiger partial charge is 0.448 e. The van der Waals surface area contributed by atoms with Crippen LogP contribution in [0, 0.1) is 5.41 Å². The predicted molar refractivity (Wildman–Crippen MR) is 183 cm³/mol. The number of halogens is 3. The number of hydrogen-bond acceptors (Lipinski definition) is 10. The van der Waals surface area contributed by atoms with E-state index >= 15 is 0 Å². The van der Waals surface area contributed by atoms with E-state index in [4.69, 9.17) is 73.4 Å². The number of rotatable bonds is 7. The number of alkyl halides is 3. The zero-order valence-corrected chi connectivity index (χ0v) is 28.4. The summed E-state index contributed by atoms with van der Waals surface area (Å²) in [5.74, 6) is -1.85. The van der Waals surface area contributed by atoms with Gasteiger partial charge in [0.25, 0.3) is 3.79 Å². The molecule has 10 nitrogen and oxygen atoms in total. The van der Waals surface area contributed by atoms with Gasteiger partial charge < -0.3 is 33.2 Å². The molecule has 0 amide bonds. The number of nitrogens with one attached hydrogen (secondary N) is 1. The molecular formula is C37H30Cl3NO9. The van der Waals surface area contributed by atoms with Crippen LogP contribution in [0.1, 0.15) is 39.3 Å². The van der Waals surface area contributed by atoms with Crippen LogP contribution in [0.15, 0.2) is 109 Å². The summed E-state index contributed by atoms with van der Waals surface area (Å²) in [6.07, 6.45) is -8.41. The fraction of sp³-hybridized carbons (Fsp3) is 0.270. The van der Waals surface area contributed by atoms with E-state index in [1.165, 1.54) is 0 Å². The van der Waals surface area contributed by atoms with Crippen molar-refractivity contribution in [2.45, 2.75) is 46.7 Å². The summed E-state index contributed by atoms with van der Waals surface area (Å²) in [5, 5.41) is 8.24. The van der Waals surface area contributed by atoms with Crippen LogP contribution in [0.5, 0.6) is 0 Å². The van der Waals surface area contributed by atoms with E-state index in [1.807, 2.05) is 78.9 Å². The van der Waals surface area contributed by atoms with Gasteiger partial charge >= 0.3 is 12.1 Å². The number of esters is 1. The van der Waals surface area contributed by atoms with Crippen LogP contribution in [-0.2, 0) is 33.2 Å². The van der Waals surface area contributed by atoms with E-state index < -0.39 is 58.8 Å². The first kappa shape index (κ1) is 34.3. The first-order valence-corrected chi connectivity index (χ1v) is 16.9. The van der Waals surface area contributed by atoms with Gasteiger partial charge in [-0.05, 0) is 34.4 Å². The van der Waals surface area contributed by atoms with Crippen LogP contribution in [0.3, 0.4) is 0 Å². The number of benzene rings is 4. The molecule has 0 spiro atoms. The van der Waals surface area contributed by atoms with Gasteiger partial charge in [0.1, 0.15) is 18.8 Å². The van der Waals surface area contributed by atoms with Crippen LogP contribution in [0.4, 0.5) is 4.79 Å². The van der Waals surface area contributed by atoms with Gasteiger partial charge in [0.2, 0.25) is 18.3 Å². The molecule has 1 aliphatic carbocycles. The highest BCUT2D eigenvalue weighted by molar-refractivity contribution is 6.76. The molecule has 0 saturated carbocycles. The molecule has 1 unspecified atom stereocenters. The van der Waals surface area contributed by atoms with Gasteiger partial charge in [-0.3, -0.25) is 5.41 Å². The maximum absolute atomic E-state index is 13.6. The lowest BCUT2D eigenvalue weighted by Gasteiger charge is -2.47. The van der Waals surface area contributed by atoms with Crippen molar-refractivity contribution in [1.82, 2.24) is 0 Å². The first-order valence-electron chi connectivity index (χ1n) is 15.7. The molecule has 0 aromatic heterocycles. The maximum Gasteiger partial charge on any atom is 0.508 e. The van der Waals surface area contributed by atoms with Gasteiger partial charge in [0, 0.05) is 11.5 Å². The van der Waals surface area contributed by atoms with Crippen molar-refractivity contribution in [3.8, 4) is 11.1 Å². The molecule has 2 fully saturated rings. The lowest BCUT2D eigenvalue weighted by Crippen LogP contribution is -2.64. The highest BCUT2D eigenvalue weighted by Crippen LogP contribution is 2.45. The molecule has 4 aromatic carbocycles. The molecule has 0 bridgehead atoms. The zero-order valence-electron chi connectivity index (χ0n) is 26.2. The van der Waals surface area contributed by atoms with Crippen LogP contribution >= 0.6 is 34.8 Å². The Labute approximate surface area is 302 Å². The summed E-state index contributed by atoms with van der Waals surface area (Å²) in [4.78, 5) is 27.1. The van der Waals surface area contributed by atoms with E-state index in [0.717, 1.165) is 22.3 Å². The molecule has 2 heterocycles. The van der Waals surface area contributed by atoms with E-state index in [9.17, 15) is 9.59 Å². The second kappa shape index (κ2) is 14.6. The lowest BCUT2D eigenvalue weighted by molar-refractivity contribution is -0.351. The molecule has 258 valence electrons. The number of fused-ring (bicyclic) bond motifs is 4. The molecule has 13 heteroatoms. The van der Waals surface area contributed by atoms with Crippen molar-refractivity contribution in [2.24, 2.45) is 0 Å². The average Bonchev–Trinajstić information content (AvgIpc) is 3.45. The topological polar surface area (TPSA) is 123 Å². The Hall–Kier alpha value is -4.16. The minimum absolute atomic E-state index is 0.0346. The largest absolute Gasteiger partial charge is 0.508 e. The normalized spacial score (nSPS) is 24.2. The van der Waals surface area contributed by atoms with Crippen LogP contribution < -0.4 is 0 Å². The van der Waals surface area contributed by atoms with Gasteiger partial charge in [0.15, 0.2) is 12.4 Å². The third-order valence-electron chi connectivity index (χ3n) is 8.66. The minimum Gasteiger partial charge on any atom is -0.448 e. The Morgan fingerprint density at radius 2 is 1.34 bits per heavy atom. The Morgan fingerprint density at radius 3 is 1.98 bits per heavy atom. The second-order valence-electron chi connectivity index (χ2n) is 11.8. The predicted octanol–water partition coefficient (Wildman–Crippen LogP) is 7.75. The van der Waals surface area contributed by atoms with Crippen LogP contribution in [0.2, 0.25) is 0 Å². The summed E-state index contributed by atoms with van der Waals surface area (Å²) < 4.78 is 39.4. The zero-order chi connectivity index (χ0) is 34.8. The Balaban J connectivity index is 1.18. The molecule has 1 N–H and O–H groups in total. The minimum atomic E-state index is -2.28. The summed E-state index contributed by atoms with van der Waals surface area (Å²) >= 11 is 17.8. The summed E-state index contributed by atoms with van der Waals surface area (Å²) in [6, 6.07) is 33.1. The highest BCUT2D eigenvalue weighted by Gasteiger charge is 2.56. The second-order valence-corrected chi connectivity index (χ2v) is 14.1. The molecule has 50 heavy (non-hydrogen) atoms. The van der Waals surface area contributed by atoms with Gasteiger partial charge in [-0.1, -0.05) is 132 Å². The quantitative estimate of drug-likeness (QED) is 0.0878. The number of ether oxygens (including phenoxy) is 7. The fourth-order valence-electron chi connectivity index (χ4n) is 6.37. The molecule has 0 radical (unpaired) electrons. The average molecular weight is 739 g/mol. The van der Waals surface area contributed by atoms with Gasteiger partial charge in [-0.15, -0.1) is 0 Å². The molecule has 2 saturated heterocycles. The third-order valence-corrected chi connectivity index (χ3v) is 9.18. The number of carbonyl (C=O) groups is 2. The van der Waals surface area contributed by atoms with Crippen molar-refractivity contribution in [3.05, 3.63) is 131 Å². The monoisotopic (exact) mass is 737 g/mol. The molecular weight excluding hydrogens is 709 g/mol. The molecule has 4 aromatic rings. The highest BCUT2D eigenvalue weighted by atomic mass is 35.6. The summed E-state index contributed by atoms with van der Waals surface area (Å²) in [6.45, 7) is -0.0812. The first-order chi connectivity index (χ1) is 24.2. The molecule has 6 atom stereocenters. The van der Waals surface area contributed by atoms with Crippen molar-refractivity contribution in [3.63, 3.8) is 0 Å². The fourth-order valence-corrected chi connectivity index (χ4v) is 6.50. The SMILES string of the molecule is N=C(O[C@H]1O[C@@H]2COC(c3ccccc3)O[C@@H]2[C@H](OC(=O)OCC2c3ccccc3-c3ccccc32)[C@H]1OC(=O)c1ccccc1)C(Cl)(Cl)Cl. The van der Waals surface area contributed by atoms with Crippen LogP contribution in [-0.4, -0.2) is 65.7 Å². The number of carbonyl (C=O) groups excluding carboxylic acids is 2. The molecule has 3 aliphatic rings. The summed E-state index contributed by atoms with van der Waals surface area (Å²) in [5.41, 5.74) is 5.03. The van der Waals surface area contributed by atoms with E-state index in [1.54, 1.807) is 30.3 Å². The van der Waals surface area contributed by atoms with Crippen LogP contribution in [0.25, 0.3) is 11.1 Å². The number of hydrogen-bond donors (Lipinski definition) is 1. The van der Waals surface area contributed by atoms with Gasteiger partial charge in [-0.2, -0.15) is 0 Å². The van der Waals surface area contributed by atoms with Crippen molar-refractivity contribution < 1.29 is 42.7 Å². The Kier molecular flexibility index (Phi) is 10.0. The van der Waals surface area contributed by atoms with Crippen molar-refractivity contribution >= 4 is 52.8 Å². The lowest BCUT2D eigenvalue weighted by atomic mass is 9.97. The van der Waals surface area contributed by atoms with Crippen molar-refractivity contribution in [2.75, 3.05) is 13.2 Å².